The van der Waals surface area contributed by atoms with E-state index in [1.165, 1.54) is 6.07 Å². The number of halogens is 1. The zero-order chi connectivity index (χ0) is 13.5. The number of hydrogen-bond acceptors (Lipinski definition) is 3. The maximum Gasteiger partial charge on any atom is 0.127 e. The maximum atomic E-state index is 13.7. The third-order valence-electron chi connectivity index (χ3n) is 2.72. The number of benzene rings is 1. The minimum Gasteiger partial charge on any atom is -0.207 e. The summed E-state index contributed by atoms with van der Waals surface area (Å²) in [4.78, 5) is 0. The van der Waals surface area contributed by atoms with Crippen molar-refractivity contribution in [2.75, 3.05) is 17.3 Å². The largest absolute Gasteiger partial charge is 0.207 e. The summed E-state index contributed by atoms with van der Waals surface area (Å²) < 4.78 is 13.7. The molecule has 0 aromatic heterocycles. The number of hydrogen-bond donors (Lipinski definition) is 1. The van der Waals surface area contributed by atoms with E-state index in [2.05, 4.69) is 18.7 Å². The van der Waals surface area contributed by atoms with Crippen molar-refractivity contribution in [3.05, 3.63) is 34.6 Å². The van der Waals surface area contributed by atoms with Crippen LogP contribution in [0.5, 0.6) is 0 Å². The lowest BCUT2D eigenvalue weighted by Gasteiger charge is -2.11. The molecule has 0 saturated carbocycles. The fourth-order valence-corrected chi connectivity index (χ4v) is 2.82. The molecule has 18 heavy (non-hydrogen) atoms. The molecule has 0 amide bonds. The van der Waals surface area contributed by atoms with Gasteiger partial charge >= 0.3 is 0 Å². The van der Waals surface area contributed by atoms with Crippen molar-refractivity contribution in [1.82, 2.24) is 0 Å². The average molecular weight is 283 g/mol. The number of rotatable bonds is 6. The van der Waals surface area contributed by atoms with Crippen LogP contribution in [-0.4, -0.2) is 17.3 Å². The SMILES string of the molecule is CC(C)c1cc(CCSCCS)c(C#N)cc1F. The fourth-order valence-electron chi connectivity index (χ4n) is 1.74. The van der Waals surface area contributed by atoms with E-state index in [0.29, 0.717) is 11.1 Å². The minimum absolute atomic E-state index is 0.140. The fraction of sp³-hybridized carbons (Fsp3) is 0.500. The molecule has 0 bridgehead atoms. The van der Waals surface area contributed by atoms with E-state index in [-0.39, 0.29) is 11.7 Å². The monoisotopic (exact) mass is 283 g/mol. The lowest BCUT2D eigenvalue weighted by Crippen LogP contribution is -2.01. The summed E-state index contributed by atoms with van der Waals surface area (Å²) in [7, 11) is 0. The zero-order valence-corrected chi connectivity index (χ0v) is 12.5. The summed E-state index contributed by atoms with van der Waals surface area (Å²) in [6.45, 7) is 3.92. The quantitative estimate of drug-likeness (QED) is 0.629. The van der Waals surface area contributed by atoms with E-state index >= 15 is 0 Å². The Bertz CT molecular complexity index is 438. The van der Waals surface area contributed by atoms with E-state index in [1.54, 1.807) is 11.8 Å². The molecule has 0 fully saturated rings. The Morgan fingerprint density at radius 2 is 2.11 bits per heavy atom. The Morgan fingerprint density at radius 1 is 1.39 bits per heavy atom. The first kappa shape index (κ1) is 15.4. The van der Waals surface area contributed by atoms with Gasteiger partial charge in [-0.2, -0.15) is 29.7 Å². The first-order valence-corrected chi connectivity index (χ1v) is 7.79. The van der Waals surface area contributed by atoms with Gasteiger partial charge in [0.15, 0.2) is 0 Å². The topological polar surface area (TPSA) is 23.8 Å². The Hall–Kier alpha value is -0.660. The van der Waals surface area contributed by atoms with Gasteiger partial charge in [0.25, 0.3) is 0 Å². The highest BCUT2D eigenvalue weighted by molar-refractivity contribution is 7.99. The smallest absolute Gasteiger partial charge is 0.127 e. The molecule has 0 spiro atoms. The van der Waals surface area contributed by atoms with Crippen LogP contribution in [0.2, 0.25) is 0 Å². The molecule has 1 aromatic rings. The van der Waals surface area contributed by atoms with E-state index < -0.39 is 0 Å². The van der Waals surface area contributed by atoms with Gasteiger partial charge in [-0.05, 0) is 41.0 Å². The lowest BCUT2D eigenvalue weighted by atomic mass is 9.96. The number of aryl methyl sites for hydroxylation is 1. The van der Waals surface area contributed by atoms with Gasteiger partial charge < -0.3 is 0 Å². The second kappa shape index (κ2) is 7.70. The molecule has 0 radical (unpaired) electrons. The van der Waals surface area contributed by atoms with Crippen molar-refractivity contribution >= 4 is 24.4 Å². The van der Waals surface area contributed by atoms with Crippen LogP contribution in [0.25, 0.3) is 0 Å². The van der Waals surface area contributed by atoms with Crippen LogP contribution >= 0.6 is 24.4 Å². The molecular formula is C14H18FNS2. The number of nitriles is 1. The first-order valence-electron chi connectivity index (χ1n) is 6.01. The van der Waals surface area contributed by atoms with E-state index in [4.69, 9.17) is 5.26 Å². The summed E-state index contributed by atoms with van der Waals surface area (Å²) in [6, 6.07) is 5.30. The van der Waals surface area contributed by atoms with E-state index in [1.807, 2.05) is 19.9 Å². The molecule has 0 N–H and O–H groups in total. The standard InChI is InChI=1S/C14H18FNS2/c1-10(2)13-7-11(3-5-18-6-4-17)12(9-16)8-14(13)15/h7-8,10,17H,3-6H2,1-2H3. The van der Waals surface area contributed by atoms with Gasteiger partial charge in [0.1, 0.15) is 5.82 Å². The highest BCUT2D eigenvalue weighted by Gasteiger charge is 2.12. The average Bonchev–Trinajstić information content (AvgIpc) is 2.35. The van der Waals surface area contributed by atoms with Gasteiger partial charge in [0, 0.05) is 5.75 Å². The van der Waals surface area contributed by atoms with Crippen LogP contribution in [0.4, 0.5) is 4.39 Å². The predicted octanol–water partition coefficient (Wildman–Crippen LogP) is 4.03. The Balaban J connectivity index is 2.88. The summed E-state index contributed by atoms with van der Waals surface area (Å²) in [5.41, 5.74) is 2.11. The van der Waals surface area contributed by atoms with Gasteiger partial charge in [-0.25, -0.2) is 4.39 Å². The first-order chi connectivity index (χ1) is 8.60. The Labute approximate surface area is 118 Å². The summed E-state index contributed by atoms with van der Waals surface area (Å²) in [5, 5.41) is 9.04. The third kappa shape index (κ3) is 4.22. The molecule has 0 aliphatic rings. The normalized spacial score (nSPS) is 10.7. The summed E-state index contributed by atoms with van der Waals surface area (Å²) >= 11 is 5.96. The molecule has 0 aliphatic carbocycles. The Morgan fingerprint density at radius 3 is 2.67 bits per heavy atom. The molecule has 0 unspecified atom stereocenters. The molecule has 1 nitrogen and oxygen atoms in total. The molecule has 1 aromatic carbocycles. The van der Waals surface area contributed by atoms with Gasteiger partial charge in [-0.1, -0.05) is 19.9 Å². The molecule has 0 atom stereocenters. The van der Waals surface area contributed by atoms with Crippen molar-refractivity contribution in [2.45, 2.75) is 26.2 Å². The molecule has 4 heteroatoms. The van der Waals surface area contributed by atoms with Crippen LogP contribution in [-0.2, 0) is 6.42 Å². The van der Waals surface area contributed by atoms with Gasteiger partial charge in [-0.3, -0.25) is 0 Å². The molecule has 0 aliphatic heterocycles. The zero-order valence-electron chi connectivity index (χ0n) is 10.7. The molecule has 0 heterocycles. The minimum atomic E-state index is -0.270. The highest BCUT2D eigenvalue weighted by atomic mass is 32.2. The molecular weight excluding hydrogens is 265 g/mol. The van der Waals surface area contributed by atoms with Crippen LogP contribution in [0.3, 0.4) is 0 Å². The van der Waals surface area contributed by atoms with Crippen molar-refractivity contribution in [1.29, 1.82) is 5.26 Å². The highest BCUT2D eigenvalue weighted by Crippen LogP contribution is 2.23. The predicted molar refractivity (Wildman–Crippen MR) is 80.1 cm³/mol. The molecule has 98 valence electrons. The van der Waals surface area contributed by atoms with Crippen molar-refractivity contribution in [3.63, 3.8) is 0 Å². The Kier molecular flexibility index (Phi) is 6.59. The summed E-state index contributed by atoms with van der Waals surface area (Å²) in [5.74, 6) is 2.67. The van der Waals surface area contributed by atoms with E-state index in [9.17, 15) is 4.39 Å². The van der Waals surface area contributed by atoms with Crippen molar-refractivity contribution in [2.24, 2.45) is 0 Å². The second-order valence-electron chi connectivity index (χ2n) is 4.38. The van der Waals surface area contributed by atoms with Crippen LogP contribution in [0.1, 0.15) is 36.5 Å². The third-order valence-corrected chi connectivity index (χ3v) is 4.23. The van der Waals surface area contributed by atoms with Gasteiger partial charge in [-0.15, -0.1) is 0 Å². The molecule has 0 saturated heterocycles. The number of thioether (sulfide) groups is 1. The van der Waals surface area contributed by atoms with Gasteiger partial charge in [0.2, 0.25) is 0 Å². The maximum absolute atomic E-state index is 13.7. The van der Waals surface area contributed by atoms with Crippen molar-refractivity contribution < 1.29 is 4.39 Å². The van der Waals surface area contributed by atoms with E-state index in [0.717, 1.165) is 29.2 Å². The second-order valence-corrected chi connectivity index (χ2v) is 6.06. The molecule has 1 rings (SSSR count). The van der Waals surface area contributed by atoms with Crippen molar-refractivity contribution in [3.8, 4) is 6.07 Å². The number of thiol groups is 1. The lowest BCUT2D eigenvalue weighted by molar-refractivity contribution is 0.596. The van der Waals surface area contributed by atoms with Crippen LogP contribution in [0, 0.1) is 17.1 Å². The van der Waals surface area contributed by atoms with Crippen LogP contribution in [0.15, 0.2) is 12.1 Å². The van der Waals surface area contributed by atoms with Crippen LogP contribution < -0.4 is 0 Å². The summed E-state index contributed by atoms with van der Waals surface area (Å²) in [6.07, 6.45) is 0.807. The van der Waals surface area contributed by atoms with Gasteiger partial charge in [0.05, 0.1) is 11.6 Å². The number of nitrogens with zero attached hydrogens (tertiary/aromatic N) is 1.